The highest BCUT2D eigenvalue weighted by Gasteiger charge is 2.05. The van der Waals surface area contributed by atoms with Crippen LogP contribution in [0, 0.1) is 0 Å². The van der Waals surface area contributed by atoms with E-state index in [1.807, 2.05) is 0 Å². The van der Waals surface area contributed by atoms with Gasteiger partial charge in [-0.15, -0.1) is 0 Å². The zero-order valence-electron chi connectivity index (χ0n) is 12.5. The maximum atomic E-state index is 11.6. The number of carbonyl (C=O) groups is 3. The molecule has 8 nitrogen and oxygen atoms in total. The Kier molecular flexibility index (Phi) is 7.24. The summed E-state index contributed by atoms with van der Waals surface area (Å²) in [5, 5.41) is 7.74. The van der Waals surface area contributed by atoms with Crippen molar-refractivity contribution in [1.82, 2.24) is 10.6 Å². The summed E-state index contributed by atoms with van der Waals surface area (Å²) in [6, 6.07) is 5.84. The number of benzene rings is 1. The molecule has 0 aliphatic rings. The summed E-state index contributed by atoms with van der Waals surface area (Å²) in [6.07, 6.45) is -0.779. The highest BCUT2D eigenvalue weighted by Crippen LogP contribution is 2.16. The smallest absolute Gasteiger partial charge is 0.434 e. The van der Waals surface area contributed by atoms with E-state index in [2.05, 4.69) is 20.7 Å². The number of carbonyl (C=O) groups excluding carboxylic acids is 3. The average molecular weight is 309 g/mol. The fourth-order valence-electron chi connectivity index (χ4n) is 1.44. The zero-order valence-corrected chi connectivity index (χ0v) is 12.5. The molecule has 0 spiro atoms. The van der Waals surface area contributed by atoms with E-state index in [9.17, 15) is 14.4 Å². The number of hydrogen-bond acceptors (Lipinski definition) is 5. The normalized spacial score (nSPS) is 9.55. The van der Waals surface area contributed by atoms with Crippen LogP contribution in [0.5, 0.6) is 5.75 Å². The quantitative estimate of drug-likeness (QED) is 0.419. The molecule has 120 valence electrons. The van der Waals surface area contributed by atoms with Crippen molar-refractivity contribution in [3.63, 3.8) is 0 Å². The summed E-state index contributed by atoms with van der Waals surface area (Å²) >= 11 is 0. The molecule has 8 heteroatoms. The van der Waals surface area contributed by atoms with Gasteiger partial charge in [0, 0.05) is 25.7 Å². The van der Waals surface area contributed by atoms with Crippen LogP contribution in [-0.4, -0.2) is 37.8 Å². The Morgan fingerprint density at radius 1 is 1.05 bits per heavy atom. The summed E-state index contributed by atoms with van der Waals surface area (Å²) in [5.74, 6) is 0.162. The summed E-state index contributed by atoms with van der Waals surface area (Å²) in [4.78, 5) is 33.3. The Balaban J connectivity index is 2.35. The molecule has 0 saturated carbocycles. The molecule has 3 amide bonds. The van der Waals surface area contributed by atoms with Crippen molar-refractivity contribution < 1.29 is 23.9 Å². The summed E-state index contributed by atoms with van der Waals surface area (Å²) < 4.78 is 9.53. The molecule has 0 fully saturated rings. The third-order valence-corrected chi connectivity index (χ3v) is 2.36. The largest absolute Gasteiger partial charge is 0.513 e. The van der Waals surface area contributed by atoms with E-state index in [1.54, 1.807) is 19.1 Å². The number of hydrogen-bond donors (Lipinski definition) is 3. The van der Waals surface area contributed by atoms with E-state index in [4.69, 9.17) is 4.74 Å². The molecular weight excluding hydrogens is 290 g/mol. The van der Waals surface area contributed by atoms with Crippen molar-refractivity contribution in [2.45, 2.75) is 13.8 Å². The lowest BCUT2D eigenvalue weighted by atomic mass is 10.3. The Bertz CT molecular complexity index is 516. The van der Waals surface area contributed by atoms with E-state index < -0.39 is 12.2 Å². The molecule has 0 atom stereocenters. The standard InChI is InChI=1S/C14H19N3O5/c1-3-21-14(20)22-12-6-4-11(5-7-12)17-13(19)16-9-8-15-10(2)18/h4-7H,3,8-9H2,1-2H3,(H,15,18)(H2,16,17,19). The third kappa shape index (κ3) is 7.13. The van der Waals surface area contributed by atoms with Crippen molar-refractivity contribution in [2.75, 3.05) is 25.0 Å². The van der Waals surface area contributed by atoms with Gasteiger partial charge in [-0.3, -0.25) is 4.79 Å². The summed E-state index contributed by atoms with van der Waals surface area (Å²) in [5.41, 5.74) is 0.535. The van der Waals surface area contributed by atoms with Crippen molar-refractivity contribution >= 4 is 23.8 Å². The SMILES string of the molecule is CCOC(=O)Oc1ccc(NC(=O)NCCNC(C)=O)cc1. The number of anilines is 1. The first-order chi connectivity index (χ1) is 10.5. The molecule has 0 bridgehead atoms. The van der Waals surface area contributed by atoms with Crippen molar-refractivity contribution in [2.24, 2.45) is 0 Å². The van der Waals surface area contributed by atoms with Gasteiger partial charge in [-0.1, -0.05) is 0 Å². The van der Waals surface area contributed by atoms with Crippen LogP contribution >= 0.6 is 0 Å². The monoisotopic (exact) mass is 309 g/mol. The predicted octanol–water partition coefficient (Wildman–Crippen LogP) is 1.48. The van der Waals surface area contributed by atoms with Gasteiger partial charge in [0.05, 0.1) is 6.61 Å². The first-order valence-corrected chi connectivity index (χ1v) is 6.75. The molecule has 1 aromatic carbocycles. The van der Waals surface area contributed by atoms with E-state index in [0.29, 0.717) is 24.5 Å². The number of ether oxygens (including phenoxy) is 2. The van der Waals surface area contributed by atoms with E-state index in [0.717, 1.165) is 0 Å². The van der Waals surface area contributed by atoms with Crippen LogP contribution in [-0.2, 0) is 9.53 Å². The van der Waals surface area contributed by atoms with Crippen LogP contribution in [0.1, 0.15) is 13.8 Å². The number of urea groups is 1. The van der Waals surface area contributed by atoms with Gasteiger partial charge in [-0.05, 0) is 31.2 Å². The molecule has 0 aliphatic carbocycles. The highest BCUT2D eigenvalue weighted by molar-refractivity contribution is 5.89. The van der Waals surface area contributed by atoms with Gasteiger partial charge in [0.1, 0.15) is 5.75 Å². The van der Waals surface area contributed by atoms with Crippen LogP contribution in [0.25, 0.3) is 0 Å². The average Bonchev–Trinajstić information content (AvgIpc) is 2.46. The molecule has 0 aliphatic heterocycles. The number of amides is 3. The summed E-state index contributed by atoms with van der Waals surface area (Å²) in [7, 11) is 0. The summed E-state index contributed by atoms with van der Waals surface area (Å²) in [6.45, 7) is 3.99. The number of rotatable bonds is 6. The lowest BCUT2D eigenvalue weighted by Crippen LogP contribution is -2.36. The minimum atomic E-state index is -0.779. The van der Waals surface area contributed by atoms with E-state index in [-0.39, 0.29) is 12.5 Å². The second-order valence-electron chi connectivity index (χ2n) is 4.17. The molecule has 0 heterocycles. The Hall–Kier alpha value is -2.77. The third-order valence-electron chi connectivity index (χ3n) is 2.36. The topological polar surface area (TPSA) is 106 Å². The molecule has 0 saturated heterocycles. The molecule has 22 heavy (non-hydrogen) atoms. The van der Waals surface area contributed by atoms with Crippen LogP contribution in [0.15, 0.2) is 24.3 Å². The van der Waals surface area contributed by atoms with Crippen LogP contribution in [0.2, 0.25) is 0 Å². The molecule has 0 aromatic heterocycles. The van der Waals surface area contributed by atoms with Gasteiger partial charge in [0.25, 0.3) is 0 Å². The second kappa shape index (κ2) is 9.22. The van der Waals surface area contributed by atoms with Gasteiger partial charge >= 0.3 is 12.2 Å². The van der Waals surface area contributed by atoms with Crippen LogP contribution in [0.4, 0.5) is 15.3 Å². The minimum absolute atomic E-state index is 0.153. The van der Waals surface area contributed by atoms with Gasteiger partial charge in [-0.2, -0.15) is 0 Å². The van der Waals surface area contributed by atoms with Gasteiger partial charge in [-0.25, -0.2) is 9.59 Å². The predicted molar refractivity (Wildman–Crippen MR) is 79.8 cm³/mol. The molecule has 3 N–H and O–H groups in total. The fourth-order valence-corrected chi connectivity index (χ4v) is 1.44. The maximum absolute atomic E-state index is 11.6. The van der Waals surface area contributed by atoms with Crippen molar-refractivity contribution in [3.8, 4) is 5.75 Å². The van der Waals surface area contributed by atoms with Gasteiger partial charge in [0.2, 0.25) is 5.91 Å². The highest BCUT2D eigenvalue weighted by atomic mass is 16.7. The molecule has 0 unspecified atom stereocenters. The first kappa shape index (κ1) is 17.3. The zero-order chi connectivity index (χ0) is 16.4. The molecular formula is C14H19N3O5. The van der Waals surface area contributed by atoms with Gasteiger partial charge in [0.15, 0.2) is 0 Å². The minimum Gasteiger partial charge on any atom is -0.434 e. The van der Waals surface area contributed by atoms with E-state index >= 15 is 0 Å². The number of nitrogens with one attached hydrogen (secondary N) is 3. The fraction of sp³-hybridized carbons (Fsp3) is 0.357. The Morgan fingerprint density at radius 3 is 2.27 bits per heavy atom. The van der Waals surface area contributed by atoms with Crippen LogP contribution < -0.4 is 20.7 Å². The van der Waals surface area contributed by atoms with E-state index in [1.165, 1.54) is 19.1 Å². The molecule has 1 aromatic rings. The first-order valence-electron chi connectivity index (χ1n) is 6.75. The van der Waals surface area contributed by atoms with Crippen molar-refractivity contribution in [1.29, 1.82) is 0 Å². The lowest BCUT2D eigenvalue weighted by molar-refractivity contribution is -0.118. The van der Waals surface area contributed by atoms with Crippen molar-refractivity contribution in [3.05, 3.63) is 24.3 Å². The molecule has 0 radical (unpaired) electrons. The van der Waals surface area contributed by atoms with Crippen LogP contribution in [0.3, 0.4) is 0 Å². The maximum Gasteiger partial charge on any atom is 0.513 e. The lowest BCUT2D eigenvalue weighted by Gasteiger charge is -2.09. The Morgan fingerprint density at radius 2 is 1.68 bits per heavy atom. The molecule has 1 rings (SSSR count). The Labute approximate surface area is 128 Å². The van der Waals surface area contributed by atoms with Gasteiger partial charge < -0.3 is 25.4 Å². The second-order valence-corrected chi connectivity index (χ2v) is 4.17.